The highest BCUT2D eigenvalue weighted by molar-refractivity contribution is 5.76. The Morgan fingerprint density at radius 2 is 2.12 bits per heavy atom. The lowest BCUT2D eigenvalue weighted by Crippen LogP contribution is -2.38. The molecule has 0 aromatic rings. The Balaban J connectivity index is 2.22. The zero-order valence-corrected chi connectivity index (χ0v) is 11.0. The van der Waals surface area contributed by atoms with Crippen LogP contribution in [-0.2, 0) is 9.53 Å². The number of carbonyl (C=O) groups is 1. The van der Waals surface area contributed by atoms with Crippen LogP contribution in [0.5, 0.6) is 0 Å². The maximum atomic E-state index is 11.5. The summed E-state index contributed by atoms with van der Waals surface area (Å²) in [6.07, 6.45) is 4.01. The van der Waals surface area contributed by atoms with E-state index in [2.05, 4.69) is 12.2 Å². The van der Waals surface area contributed by atoms with Gasteiger partial charge in [-0.25, -0.2) is 0 Å². The molecule has 3 nitrogen and oxygen atoms in total. The Morgan fingerprint density at radius 1 is 1.44 bits per heavy atom. The molecule has 94 valence electrons. The Hall–Kier alpha value is -0.570. The highest BCUT2D eigenvalue weighted by atomic mass is 16.5. The van der Waals surface area contributed by atoms with E-state index in [0.29, 0.717) is 6.54 Å². The molecule has 2 atom stereocenters. The van der Waals surface area contributed by atoms with E-state index in [9.17, 15) is 4.79 Å². The van der Waals surface area contributed by atoms with E-state index in [-0.39, 0.29) is 5.97 Å². The molecular formula is C13H25NO2. The van der Waals surface area contributed by atoms with Gasteiger partial charge >= 0.3 is 5.97 Å². The first-order valence-electron chi connectivity index (χ1n) is 6.25. The van der Waals surface area contributed by atoms with E-state index in [4.69, 9.17) is 4.74 Å². The van der Waals surface area contributed by atoms with Crippen molar-refractivity contribution >= 4 is 5.97 Å². The van der Waals surface area contributed by atoms with Crippen molar-refractivity contribution in [1.82, 2.24) is 5.32 Å². The molecule has 1 aliphatic rings. The van der Waals surface area contributed by atoms with Gasteiger partial charge in [0.1, 0.15) is 0 Å². The molecule has 1 rings (SSSR count). The summed E-state index contributed by atoms with van der Waals surface area (Å²) in [5.41, 5.74) is -0.418. The monoisotopic (exact) mass is 227 g/mol. The fourth-order valence-electron chi connectivity index (χ4n) is 2.45. The number of carbonyl (C=O) groups excluding carboxylic acids is 1. The molecule has 0 heterocycles. The van der Waals surface area contributed by atoms with Crippen molar-refractivity contribution in [2.75, 3.05) is 20.2 Å². The maximum Gasteiger partial charge on any atom is 0.312 e. The van der Waals surface area contributed by atoms with Gasteiger partial charge in [0.25, 0.3) is 0 Å². The van der Waals surface area contributed by atoms with Crippen LogP contribution in [-0.4, -0.2) is 26.2 Å². The van der Waals surface area contributed by atoms with Crippen molar-refractivity contribution in [3.8, 4) is 0 Å². The second-order valence-corrected chi connectivity index (χ2v) is 5.79. The van der Waals surface area contributed by atoms with Gasteiger partial charge in [0.05, 0.1) is 12.5 Å². The molecule has 16 heavy (non-hydrogen) atoms. The van der Waals surface area contributed by atoms with E-state index >= 15 is 0 Å². The molecule has 0 saturated heterocycles. The van der Waals surface area contributed by atoms with E-state index in [1.807, 2.05) is 13.8 Å². The van der Waals surface area contributed by atoms with E-state index < -0.39 is 5.41 Å². The SMILES string of the molecule is COC(=O)C(C)(C)CNCC1CCC(C)C1. The second kappa shape index (κ2) is 5.67. The molecule has 0 radical (unpaired) electrons. The lowest BCUT2D eigenvalue weighted by molar-refractivity contribution is -0.150. The van der Waals surface area contributed by atoms with Crippen LogP contribution in [0.4, 0.5) is 0 Å². The molecule has 1 N–H and O–H groups in total. The quantitative estimate of drug-likeness (QED) is 0.732. The van der Waals surface area contributed by atoms with Gasteiger partial charge in [0, 0.05) is 6.54 Å². The first-order valence-corrected chi connectivity index (χ1v) is 6.25. The predicted molar refractivity (Wildman–Crippen MR) is 65.2 cm³/mol. The normalized spacial score (nSPS) is 25.8. The summed E-state index contributed by atoms with van der Waals surface area (Å²) >= 11 is 0. The zero-order valence-electron chi connectivity index (χ0n) is 11.0. The van der Waals surface area contributed by atoms with Gasteiger partial charge in [-0.1, -0.05) is 13.3 Å². The number of esters is 1. The average Bonchev–Trinajstić information content (AvgIpc) is 2.62. The van der Waals surface area contributed by atoms with Crippen molar-refractivity contribution in [3.05, 3.63) is 0 Å². The van der Waals surface area contributed by atoms with Gasteiger partial charge in [-0.2, -0.15) is 0 Å². The topological polar surface area (TPSA) is 38.3 Å². The number of rotatable bonds is 5. The van der Waals surface area contributed by atoms with E-state index in [0.717, 1.165) is 18.4 Å². The number of methoxy groups -OCH3 is 1. The number of hydrogen-bond acceptors (Lipinski definition) is 3. The highest BCUT2D eigenvalue weighted by Gasteiger charge is 2.29. The van der Waals surface area contributed by atoms with Crippen molar-refractivity contribution in [2.45, 2.75) is 40.0 Å². The molecule has 1 fully saturated rings. The molecule has 0 bridgehead atoms. The van der Waals surface area contributed by atoms with Crippen molar-refractivity contribution < 1.29 is 9.53 Å². The van der Waals surface area contributed by atoms with Crippen molar-refractivity contribution in [2.24, 2.45) is 17.3 Å². The standard InChI is InChI=1S/C13H25NO2/c1-10-5-6-11(7-10)8-14-9-13(2,3)12(15)16-4/h10-11,14H,5-9H2,1-4H3. The van der Waals surface area contributed by atoms with Gasteiger partial charge in [0.15, 0.2) is 0 Å². The molecule has 0 spiro atoms. The molecule has 1 saturated carbocycles. The van der Waals surface area contributed by atoms with Crippen LogP contribution in [0.3, 0.4) is 0 Å². The molecule has 0 aromatic heterocycles. The summed E-state index contributed by atoms with van der Waals surface area (Å²) in [6, 6.07) is 0. The van der Waals surface area contributed by atoms with Gasteiger partial charge < -0.3 is 10.1 Å². The van der Waals surface area contributed by atoms with Crippen LogP contribution in [0.1, 0.15) is 40.0 Å². The van der Waals surface area contributed by atoms with Crippen LogP contribution >= 0.6 is 0 Å². The number of nitrogens with one attached hydrogen (secondary N) is 1. The molecule has 0 amide bonds. The summed E-state index contributed by atoms with van der Waals surface area (Å²) in [5.74, 6) is 1.53. The molecule has 0 aliphatic heterocycles. The fraction of sp³-hybridized carbons (Fsp3) is 0.923. The van der Waals surface area contributed by atoms with Gasteiger partial charge in [-0.3, -0.25) is 4.79 Å². The smallest absolute Gasteiger partial charge is 0.312 e. The van der Waals surface area contributed by atoms with Crippen LogP contribution in [0.25, 0.3) is 0 Å². The summed E-state index contributed by atoms with van der Waals surface area (Å²) in [7, 11) is 1.45. The first-order chi connectivity index (χ1) is 7.45. The lowest BCUT2D eigenvalue weighted by Gasteiger charge is -2.23. The van der Waals surface area contributed by atoms with Crippen LogP contribution in [0, 0.1) is 17.3 Å². The molecule has 0 aromatic carbocycles. The summed E-state index contributed by atoms with van der Waals surface area (Å²) in [4.78, 5) is 11.5. The number of hydrogen-bond donors (Lipinski definition) is 1. The van der Waals surface area contributed by atoms with Crippen LogP contribution in [0.2, 0.25) is 0 Å². The Kier molecular flexibility index (Phi) is 4.78. The molecule has 1 aliphatic carbocycles. The van der Waals surface area contributed by atoms with Crippen molar-refractivity contribution in [3.63, 3.8) is 0 Å². The molecule has 3 heteroatoms. The average molecular weight is 227 g/mol. The second-order valence-electron chi connectivity index (χ2n) is 5.79. The third-order valence-electron chi connectivity index (χ3n) is 3.54. The lowest BCUT2D eigenvalue weighted by atomic mass is 9.93. The van der Waals surface area contributed by atoms with Crippen molar-refractivity contribution in [1.29, 1.82) is 0 Å². The van der Waals surface area contributed by atoms with Gasteiger partial charge in [-0.05, 0) is 45.1 Å². The summed E-state index contributed by atoms with van der Waals surface area (Å²) in [6.45, 7) is 7.89. The minimum atomic E-state index is -0.418. The Labute approximate surface area is 98.9 Å². The maximum absolute atomic E-state index is 11.5. The Morgan fingerprint density at radius 3 is 2.62 bits per heavy atom. The van der Waals surface area contributed by atoms with Crippen LogP contribution < -0.4 is 5.32 Å². The van der Waals surface area contributed by atoms with E-state index in [1.54, 1.807) is 0 Å². The number of ether oxygens (including phenoxy) is 1. The third kappa shape index (κ3) is 3.78. The molecular weight excluding hydrogens is 202 g/mol. The first kappa shape index (κ1) is 13.5. The minimum absolute atomic E-state index is 0.139. The largest absolute Gasteiger partial charge is 0.469 e. The van der Waals surface area contributed by atoms with Gasteiger partial charge in [-0.15, -0.1) is 0 Å². The predicted octanol–water partition coefficient (Wildman–Crippen LogP) is 2.21. The minimum Gasteiger partial charge on any atom is -0.469 e. The zero-order chi connectivity index (χ0) is 12.2. The van der Waals surface area contributed by atoms with E-state index in [1.165, 1.54) is 26.4 Å². The highest BCUT2D eigenvalue weighted by Crippen LogP contribution is 2.29. The fourth-order valence-corrected chi connectivity index (χ4v) is 2.45. The Bertz CT molecular complexity index is 238. The third-order valence-corrected chi connectivity index (χ3v) is 3.54. The summed E-state index contributed by atoms with van der Waals surface area (Å²) in [5, 5.41) is 3.40. The van der Waals surface area contributed by atoms with Crippen LogP contribution in [0.15, 0.2) is 0 Å². The van der Waals surface area contributed by atoms with Gasteiger partial charge in [0.2, 0.25) is 0 Å². The summed E-state index contributed by atoms with van der Waals surface area (Å²) < 4.78 is 4.78. The molecule has 2 unspecified atom stereocenters.